The minimum atomic E-state index is -1.50. The van der Waals surface area contributed by atoms with Gasteiger partial charge in [0.05, 0.1) is 12.4 Å². The van der Waals surface area contributed by atoms with E-state index in [-0.39, 0.29) is 16.5 Å². The fraction of sp³-hybridized carbons (Fsp3) is 0. The van der Waals surface area contributed by atoms with Crippen LogP contribution in [-0.2, 0) is 16.5 Å². The predicted octanol–water partition coefficient (Wildman–Crippen LogP) is -0.546. The van der Waals surface area contributed by atoms with Gasteiger partial charge in [0, 0.05) is 16.5 Å². The molecule has 7 nitrogen and oxygen atoms in total. The summed E-state index contributed by atoms with van der Waals surface area (Å²) in [5.74, 6) is 0. The van der Waals surface area contributed by atoms with Gasteiger partial charge in [0.25, 0.3) is 5.09 Å². The van der Waals surface area contributed by atoms with Crippen LogP contribution in [0.25, 0.3) is 0 Å². The minimum absolute atomic E-state index is 0. The molecule has 0 atom stereocenters. The summed E-state index contributed by atoms with van der Waals surface area (Å²) in [6.45, 7) is 0. The smallest absolute Gasteiger partial charge is 0.291 e. The van der Waals surface area contributed by atoms with Crippen LogP contribution in [0.1, 0.15) is 0 Å². The molecule has 1 aromatic rings. The van der Waals surface area contributed by atoms with E-state index in [2.05, 4.69) is 15.4 Å². The van der Waals surface area contributed by atoms with Crippen LogP contribution >= 0.6 is 0 Å². The van der Waals surface area contributed by atoms with Crippen molar-refractivity contribution in [3.05, 3.63) is 22.5 Å². The number of hydrogen-bond acceptors (Lipinski definition) is 4. The van der Waals surface area contributed by atoms with Gasteiger partial charge in [-0.3, -0.25) is 0 Å². The minimum Gasteiger partial charge on any atom is -0.328 e. The Balaban J connectivity index is 0. The molecule has 0 radical (unpaired) electrons. The summed E-state index contributed by atoms with van der Waals surface area (Å²) in [6, 6.07) is 0. The maximum absolute atomic E-state index is 8.36. The third-order valence-corrected chi connectivity index (χ3v) is 0.331. The molecule has 1 heterocycles. The van der Waals surface area contributed by atoms with Crippen molar-refractivity contribution in [3.8, 4) is 0 Å². The fourth-order valence-corrected chi connectivity index (χ4v) is 0.167. The molecule has 0 saturated carbocycles. The van der Waals surface area contributed by atoms with E-state index in [0.29, 0.717) is 0 Å². The third kappa shape index (κ3) is 15.8. The molecule has 10 heavy (non-hydrogen) atoms. The SMILES string of the molecule is O=[N+]([O-])O.[Ni].c1cn[nH]n1. The van der Waals surface area contributed by atoms with E-state index < -0.39 is 5.09 Å². The molecule has 0 unspecified atom stereocenters. The van der Waals surface area contributed by atoms with E-state index in [1.54, 1.807) is 12.4 Å². The Morgan fingerprint density at radius 1 is 1.50 bits per heavy atom. The Kier molecular flexibility index (Phi) is 9.09. The van der Waals surface area contributed by atoms with Gasteiger partial charge in [-0.25, -0.2) is 0 Å². The molecule has 60 valence electrons. The number of aromatic amines is 1. The second-order valence-corrected chi connectivity index (χ2v) is 0.894. The molecular formula is C2H4N4NiO3. The average molecular weight is 191 g/mol. The van der Waals surface area contributed by atoms with Crippen LogP contribution in [-0.4, -0.2) is 25.7 Å². The van der Waals surface area contributed by atoms with E-state index in [1.165, 1.54) is 0 Å². The Labute approximate surface area is 65.5 Å². The van der Waals surface area contributed by atoms with Crippen LogP contribution in [0.3, 0.4) is 0 Å². The molecule has 0 fully saturated rings. The zero-order valence-corrected chi connectivity index (χ0v) is 5.56. The number of hydrogen-bond donors (Lipinski definition) is 2. The normalized spacial score (nSPS) is 6.40. The molecule has 0 bridgehead atoms. The summed E-state index contributed by atoms with van der Waals surface area (Å²) >= 11 is 0. The molecule has 0 aliphatic rings. The Morgan fingerprint density at radius 3 is 1.90 bits per heavy atom. The third-order valence-electron chi connectivity index (χ3n) is 0.331. The maximum Gasteiger partial charge on any atom is 0.291 e. The van der Waals surface area contributed by atoms with Crippen LogP contribution in [0.5, 0.6) is 0 Å². The van der Waals surface area contributed by atoms with E-state index in [9.17, 15) is 0 Å². The van der Waals surface area contributed by atoms with Crippen molar-refractivity contribution in [2.75, 3.05) is 0 Å². The summed E-state index contributed by atoms with van der Waals surface area (Å²) in [7, 11) is 0. The molecular weight excluding hydrogens is 187 g/mol. The average Bonchev–Trinajstić information content (AvgIpc) is 2.11. The largest absolute Gasteiger partial charge is 0.328 e. The second-order valence-electron chi connectivity index (χ2n) is 0.894. The topological polar surface area (TPSA) is 105 Å². The second kappa shape index (κ2) is 7.83. The van der Waals surface area contributed by atoms with Crippen molar-refractivity contribution in [2.24, 2.45) is 0 Å². The first-order chi connectivity index (χ1) is 4.23. The van der Waals surface area contributed by atoms with Crippen LogP contribution in [0.4, 0.5) is 0 Å². The van der Waals surface area contributed by atoms with E-state index in [4.69, 9.17) is 15.3 Å². The van der Waals surface area contributed by atoms with Gasteiger partial charge in [-0.15, -0.1) is 10.1 Å². The molecule has 1 aromatic heterocycles. The van der Waals surface area contributed by atoms with Crippen LogP contribution in [0, 0.1) is 10.1 Å². The number of rotatable bonds is 0. The zero-order chi connectivity index (χ0) is 7.11. The summed E-state index contributed by atoms with van der Waals surface area (Å²) in [4.78, 5) is 8.36. The monoisotopic (exact) mass is 190 g/mol. The zero-order valence-electron chi connectivity index (χ0n) is 4.58. The van der Waals surface area contributed by atoms with Crippen molar-refractivity contribution < 1.29 is 26.8 Å². The number of H-pyrrole nitrogens is 1. The Bertz CT molecular complexity index is 132. The van der Waals surface area contributed by atoms with Crippen molar-refractivity contribution in [2.45, 2.75) is 0 Å². The first-order valence-electron chi connectivity index (χ1n) is 1.86. The van der Waals surface area contributed by atoms with E-state index in [1.807, 2.05) is 0 Å². The van der Waals surface area contributed by atoms with Gasteiger partial charge in [0.15, 0.2) is 0 Å². The number of nitrogens with zero attached hydrogens (tertiary/aromatic N) is 3. The van der Waals surface area contributed by atoms with Gasteiger partial charge in [0.2, 0.25) is 0 Å². The predicted molar refractivity (Wildman–Crippen MR) is 25.2 cm³/mol. The Hall–Kier alpha value is -1.17. The fourth-order valence-electron chi connectivity index (χ4n) is 0.167. The van der Waals surface area contributed by atoms with Gasteiger partial charge in [-0.1, -0.05) is 0 Å². The molecule has 0 aromatic carbocycles. The summed E-state index contributed by atoms with van der Waals surface area (Å²) < 4.78 is 0. The number of aromatic nitrogens is 3. The van der Waals surface area contributed by atoms with Crippen molar-refractivity contribution in [1.82, 2.24) is 15.4 Å². The molecule has 1 rings (SSSR count). The first-order valence-corrected chi connectivity index (χ1v) is 1.86. The van der Waals surface area contributed by atoms with Crippen molar-refractivity contribution >= 4 is 0 Å². The summed E-state index contributed by atoms with van der Waals surface area (Å²) in [5.41, 5.74) is 0. The standard InChI is InChI=1S/C2H3N3.HNO3.Ni/c1-2-4-5-3-1;2-1(3)4;/h1-2H,(H,3,4,5);(H,2,3,4);. The maximum atomic E-state index is 8.36. The van der Waals surface area contributed by atoms with Crippen LogP contribution in [0.15, 0.2) is 12.4 Å². The molecule has 0 saturated heterocycles. The molecule has 0 aliphatic carbocycles. The van der Waals surface area contributed by atoms with Gasteiger partial charge in [-0.05, 0) is 0 Å². The molecule has 8 heteroatoms. The van der Waals surface area contributed by atoms with Gasteiger partial charge in [-0.2, -0.15) is 15.4 Å². The van der Waals surface area contributed by atoms with Crippen LogP contribution in [0.2, 0.25) is 0 Å². The quantitative estimate of drug-likeness (QED) is 0.325. The van der Waals surface area contributed by atoms with Crippen LogP contribution < -0.4 is 0 Å². The molecule has 0 aliphatic heterocycles. The van der Waals surface area contributed by atoms with E-state index in [0.717, 1.165) is 0 Å². The number of nitrogens with one attached hydrogen (secondary N) is 1. The van der Waals surface area contributed by atoms with Crippen molar-refractivity contribution in [1.29, 1.82) is 0 Å². The molecule has 0 spiro atoms. The molecule has 2 N–H and O–H groups in total. The molecule has 0 amide bonds. The Morgan fingerprint density at radius 2 is 1.80 bits per heavy atom. The first kappa shape index (κ1) is 11.6. The summed E-state index contributed by atoms with van der Waals surface area (Å²) in [6.07, 6.45) is 3.17. The summed E-state index contributed by atoms with van der Waals surface area (Å²) in [5, 5.41) is 23.0. The van der Waals surface area contributed by atoms with Gasteiger partial charge < -0.3 is 5.21 Å². The van der Waals surface area contributed by atoms with Gasteiger partial charge >= 0.3 is 0 Å². The van der Waals surface area contributed by atoms with Gasteiger partial charge in [0.1, 0.15) is 0 Å². The van der Waals surface area contributed by atoms with E-state index >= 15 is 0 Å². The van der Waals surface area contributed by atoms with Crippen molar-refractivity contribution in [3.63, 3.8) is 0 Å².